The zero-order valence-electron chi connectivity index (χ0n) is 9.98. The summed E-state index contributed by atoms with van der Waals surface area (Å²) in [5.41, 5.74) is 0. The van der Waals surface area contributed by atoms with Crippen molar-refractivity contribution in [3.8, 4) is 0 Å². The molecular weight excluding hydrogens is 226 g/mol. The van der Waals surface area contributed by atoms with Gasteiger partial charge in [-0.1, -0.05) is 19.8 Å². The lowest BCUT2D eigenvalue weighted by Crippen LogP contribution is -2.34. The number of nitrogens with one attached hydrogen (secondary N) is 1. The van der Waals surface area contributed by atoms with E-state index in [4.69, 9.17) is 0 Å². The van der Waals surface area contributed by atoms with Gasteiger partial charge in [0.1, 0.15) is 0 Å². The Morgan fingerprint density at radius 1 is 1.38 bits per heavy atom. The second-order valence-electron chi connectivity index (χ2n) is 4.69. The third kappa shape index (κ3) is 5.27. The molecule has 0 heterocycles. The quantitative estimate of drug-likeness (QED) is 0.692. The average molecular weight is 249 g/mol. The maximum Gasteiger partial charge on any atom is 0.153 e. The summed E-state index contributed by atoms with van der Waals surface area (Å²) < 4.78 is 23.5. The minimum atomic E-state index is -3.08. The normalized spacial score (nSPS) is 20.1. The van der Waals surface area contributed by atoms with Gasteiger partial charge < -0.3 is 10.4 Å². The Hall–Kier alpha value is -0.130. The fourth-order valence-electron chi connectivity index (χ4n) is 2.27. The van der Waals surface area contributed by atoms with Crippen LogP contribution in [0.5, 0.6) is 0 Å². The number of aliphatic hydroxyl groups is 1. The van der Waals surface area contributed by atoms with Crippen molar-refractivity contribution < 1.29 is 13.5 Å². The van der Waals surface area contributed by atoms with Crippen LogP contribution in [0.25, 0.3) is 0 Å². The third-order valence-electron chi connectivity index (χ3n) is 3.04. The van der Waals surface area contributed by atoms with E-state index in [9.17, 15) is 13.5 Å². The molecule has 1 aliphatic carbocycles. The number of aliphatic hydroxyl groups excluding tert-OH is 1. The van der Waals surface area contributed by atoms with E-state index in [0.717, 1.165) is 32.2 Å². The first-order valence-electron chi connectivity index (χ1n) is 6.12. The van der Waals surface area contributed by atoms with Gasteiger partial charge in [-0.25, -0.2) is 8.42 Å². The van der Waals surface area contributed by atoms with Crippen LogP contribution in [0.1, 0.15) is 32.6 Å². The second kappa shape index (κ2) is 6.57. The highest BCUT2D eigenvalue weighted by atomic mass is 32.2. The average Bonchev–Trinajstić information content (AvgIpc) is 2.65. The van der Waals surface area contributed by atoms with Crippen molar-refractivity contribution in [1.82, 2.24) is 5.32 Å². The van der Waals surface area contributed by atoms with Gasteiger partial charge in [-0.2, -0.15) is 0 Å². The molecule has 0 radical (unpaired) electrons. The highest BCUT2D eigenvalue weighted by Crippen LogP contribution is 2.26. The summed E-state index contributed by atoms with van der Waals surface area (Å²) in [4.78, 5) is 0. The molecule has 1 aliphatic rings. The molecule has 1 atom stereocenters. The van der Waals surface area contributed by atoms with E-state index in [1.54, 1.807) is 0 Å². The maximum atomic E-state index is 11.8. The Balaban J connectivity index is 2.32. The van der Waals surface area contributed by atoms with Crippen LogP contribution < -0.4 is 5.32 Å². The van der Waals surface area contributed by atoms with Crippen LogP contribution >= 0.6 is 0 Å². The number of hydrogen-bond donors (Lipinski definition) is 2. The molecule has 0 aromatic carbocycles. The van der Waals surface area contributed by atoms with Gasteiger partial charge >= 0.3 is 0 Å². The van der Waals surface area contributed by atoms with Gasteiger partial charge in [0.2, 0.25) is 0 Å². The molecular formula is C11H23NO3S. The van der Waals surface area contributed by atoms with E-state index >= 15 is 0 Å². The van der Waals surface area contributed by atoms with Crippen molar-refractivity contribution in [1.29, 1.82) is 0 Å². The SMILES string of the molecule is CCNCC(O)CS(=O)(=O)CC1CCCC1. The number of sulfone groups is 1. The molecule has 2 N–H and O–H groups in total. The Kier molecular flexibility index (Phi) is 5.72. The van der Waals surface area contributed by atoms with Crippen LogP contribution in [0, 0.1) is 5.92 Å². The van der Waals surface area contributed by atoms with Crippen LogP contribution in [0.3, 0.4) is 0 Å². The van der Waals surface area contributed by atoms with E-state index in [1.165, 1.54) is 0 Å². The van der Waals surface area contributed by atoms with E-state index in [2.05, 4.69) is 5.32 Å². The smallest absolute Gasteiger partial charge is 0.153 e. The number of hydrogen-bond acceptors (Lipinski definition) is 4. The molecule has 1 rings (SSSR count). The first-order chi connectivity index (χ1) is 7.53. The minimum Gasteiger partial charge on any atom is -0.391 e. The molecule has 0 bridgehead atoms. The molecule has 1 saturated carbocycles. The van der Waals surface area contributed by atoms with Gasteiger partial charge in [-0.05, 0) is 25.3 Å². The fourth-order valence-corrected chi connectivity index (χ4v) is 4.16. The molecule has 0 aliphatic heterocycles. The minimum absolute atomic E-state index is 0.101. The molecule has 1 unspecified atom stereocenters. The van der Waals surface area contributed by atoms with Gasteiger partial charge in [-0.3, -0.25) is 0 Å². The van der Waals surface area contributed by atoms with Crippen LogP contribution in [0.15, 0.2) is 0 Å². The Morgan fingerprint density at radius 3 is 2.56 bits per heavy atom. The molecule has 0 aromatic rings. The monoisotopic (exact) mass is 249 g/mol. The largest absolute Gasteiger partial charge is 0.391 e. The molecule has 4 nitrogen and oxygen atoms in total. The van der Waals surface area contributed by atoms with Crippen molar-refractivity contribution in [2.75, 3.05) is 24.6 Å². The molecule has 0 aromatic heterocycles. The van der Waals surface area contributed by atoms with Gasteiger partial charge in [-0.15, -0.1) is 0 Å². The summed E-state index contributed by atoms with van der Waals surface area (Å²) in [6.45, 7) is 3.04. The lowest BCUT2D eigenvalue weighted by Gasteiger charge is -2.14. The Labute approximate surface area is 98.4 Å². The summed E-state index contributed by atoms with van der Waals surface area (Å²) in [5.74, 6) is 0.489. The molecule has 0 spiro atoms. The van der Waals surface area contributed by atoms with Gasteiger partial charge in [0.25, 0.3) is 0 Å². The molecule has 96 valence electrons. The molecule has 16 heavy (non-hydrogen) atoms. The summed E-state index contributed by atoms with van der Waals surface area (Å²) >= 11 is 0. The van der Waals surface area contributed by atoms with Crippen LogP contribution in [0.4, 0.5) is 0 Å². The molecule has 1 fully saturated rings. The zero-order chi connectivity index (χ0) is 12.0. The van der Waals surface area contributed by atoms with E-state index in [0.29, 0.717) is 12.5 Å². The van der Waals surface area contributed by atoms with Gasteiger partial charge in [0.15, 0.2) is 9.84 Å². The van der Waals surface area contributed by atoms with Crippen molar-refractivity contribution in [2.24, 2.45) is 5.92 Å². The summed E-state index contributed by atoms with van der Waals surface area (Å²) in [5, 5.41) is 12.5. The van der Waals surface area contributed by atoms with Gasteiger partial charge in [0.05, 0.1) is 17.6 Å². The van der Waals surface area contributed by atoms with E-state index in [1.807, 2.05) is 6.92 Å². The van der Waals surface area contributed by atoms with Crippen molar-refractivity contribution in [3.63, 3.8) is 0 Å². The Bertz CT molecular complexity index is 284. The lowest BCUT2D eigenvalue weighted by atomic mass is 10.1. The molecule has 0 amide bonds. The molecule has 0 saturated heterocycles. The van der Waals surface area contributed by atoms with Crippen LogP contribution in [-0.4, -0.2) is 44.2 Å². The first-order valence-corrected chi connectivity index (χ1v) is 7.95. The number of rotatable bonds is 7. The highest BCUT2D eigenvalue weighted by Gasteiger charge is 2.24. The van der Waals surface area contributed by atoms with Crippen molar-refractivity contribution in [3.05, 3.63) is 0 Å². The first kappa shape index (κ1) is 13.9. The summed E-state index contributed by atoms with van der Waals surface area (Å²) in [6, 6.07) is 0. The number of likely N-dealkylation sites (N-methyl/N-ethyl adjacent to an activating group) is 1. The predicted molar refractivity (Wildman–Crippen MR) is 65.2 cm³/mol. The van der Waals surface area contributed by atoms with E-state index < -0.39 is 15.9 Å². The fraction of sp³-hybridized carbons (Fsp3) is 1.00. The third-order valence-corrected chi connectivity index (χ3v) is 4.91. The second-order valence-corrected chi connectivity index (χ2v) is 6.84. The van der Waals surface area contributed by atoms with Crippen LogP contribution in [-0.2, 0) is 9.84 Å². The summed E-state index contributed by atoms with van der Waals surface area (Å²) in [6.07, 6.45) is 3.59. The topological polar surface area (TPSA) is 66.4 Å². The zero-order valence-corrected chi connectivity index (χ0v) is 10.8. The van der Waals surface area contributed by atoms with Crippen molar-refractivity contribution in [2.45, 2.75) is 38.7 Å². The lowest BCUT2D eigenvalue weighted by molar-refractivity contribution is 0.194. The molecule has 5 heteroatoms. The van der Waals surface area contributed by atoms with Crippen LogP contribution in [0.2, 0.25) is 0 Å². The highest BCUT2D eigenvalue weighted by molar-refractivity contribution is 7.91. The van der Waals surface area contributed by atoms with E-state index in [-0.39, 0.29) is 11.5 Å². The summed E-state index contributed by atoms with van der Waals surface area (Å²) in [7, 11) is -3.08. The predicted octanol–water partition coefficient (Wildman–Crippen LogP) is 0.562. The van der Waals surface area contributed by atoms with Crippen molar-refractivity contribution >= 4 is 9.84 Å². The standard InChI is InChI=1S/C11H23NO3S/c1-2-12-7-11(13)9-16(14,15)8-10-5-3-4-6-10/h10-13H,2-9H2,1H3. The Morgan fingerprint density at radius 2 is 2.00 bits per heavy atom. The van der Waals surface area contributed by atoms with Gasteiger partial charge in [0, 0.05) is 6.54 Å². The maximum absolute atomic E-state index is 11.8.